The number of imidazole rings is 1. The lowest BCUT2D eigenvalue weighted by molar-refractivity contribution is -0.126. The summed E-state index contributed by atoms with van der Waals surface area (Å²) in [5, 5.41) is 2.28. The van der Waals surface area contributed by atoms with E-state index < -0.39 is 0 Å². The number of nitrogens with zero attached hydrogens (tertiary/aromatic N) is 4. The highest BCUT2D eigenvalue weighted by Gasteiger charge is 2.37. The molecule has 30 heavy (non-hydrogen) atoms. The number of carbonyl (C=O) groups excluding carboxylic acids is 1. The number of aromatic nitrogens is 2. The lowest BCUT2D eigenvalue weighted by Crippen LogP contribution is -2.34. The molecule has 1 aromatic heterocycles. The van der Waals surface area contributed by atoms with E-state index in [9.17, 15) is 4.79 Å². The number of amides is 1. The summed E-state index contributed by atoms with van der Waals surface area (Å²) in [5.74, 6) is 0.963. The van der Waals surface area contributed by atoms with Crippen molar-refractivity contribution in [2.24, 2.45) is 7.05 Å². The monoisotopic (exact) mass is 403 g/mol. The van der Waals surface area contributed by atoms with Crippen LogP contribution in [0.25, 0.3) is 16.3 Å². The van der Waals surface area contributed by atoms with Gasteiger partial charge in [-0.05, 0) is 16.3 Å². The molecule has 0 saturated carbocycles. The molecule has 0 N–H and O–H groups in total. The van der Waals surface area contributed by atoms with Crippen LogP contribution in [-0.2, 0) is 16.6 Å². The van der Waals surface area contributed by atoms with Crippen LogP contribution in [0.4, 0.5) is 5.82 Å². The van der Waals surface area contributed by atoms with Gasteiger partial charge in [0.05, 0.1) is 25.6 Å². The number of benzene rings is 2. The van der Waals surface area contributed by atoms with Gasteiger partial charge in [0.15, 0.2) is 0 Å². The van der Waals surface area contributed by atoms with Gasteiger partial charge in [0, 0.05) is 27.7 Å². The zero-order valence-corrected chi connectivity index (χ0v) is 17.9. The zero-order chi connectivity index (χ0) is 21.3. The fraction of sp³-hybridized carbons (Fsp3) is 0.250. The van der Waals surface area contributed by atoms with Crippen LogP contribution >= 0.6 is 0 Å². The molecule has 0 aliphatic carbocycles. The van der Waals surface area contributed by atoms with Gasteiger partial charge < -0.3 is 9.64 Å². The van der Waals surface area contributed by atoms with E-state index >= 15 is 0 Å². The Morgan fingerprint density at radius 3 is 2.67 bits per heavy atom. The molecule has 3 aromatic rings. The minimum atomic E-state index is -0.0183. The van der Waals surface area contributed by atoms with Gasteiger partial charge in [0.25, 0.3) is 5.91 Å². The Kier molecular flexibility index (Phi) is 5.28. The second-order valence-electron chi connectivity index (χ2n) is 7.84. The summed E-state index contributed by atoms with van der Waals surface area (Å²) in [4.78, 5) is 19.4. The molecule has 0 spiro atoms. The molecule has 2 aromatic carbocycles. The SMILES string of the molecule is COCCN(C)C(=O)C1=C[N+](C)(c2cncn2C)C=C1c1cccc2ccccc12. The first-order chi connectivity index (χ1) is 14.4. The molecule has 1 amide bonds. The molecule has 0 saturated heterocycles. The molecule has 1 atom stereocenters. The average molecular weight is 404 g/mol. The van der Waals surface area contributed by atoms with Crippen LogP contribution in [0, 0.1) is 0 Å². The van der Waals surface area contributed by atoms with Gasteiger partial charge in [0.2, 0.25) is 5.82 Å². The predicted octanol–water partition coefficient (Wildman–Crippen LogP) is 3.55. The van der Waals surface area contributed by atoms with Gasteiger partial charge in [-0.2, -0.15) is 0 Å². The van der Waals surface area contributed by atoms with E-state index in [4.69, 9.17) is 4.74 Å². The normalized spacial score (nSPS) is 18.4. The highest BCUT2D eigenvalue weighted by atomic mass is 16.5. The molecule has 0 bridgehead atoms. The second-order valence-corrected chi connectivity index (χ2v) is 7.84. The standard InChI is InChI=1S/C24H27N4O2/c1-26(12-13-30-4)24(29)22-16-28(3,23-14-25-17-27(23)2)15-21(22)20-11-7-9-18-8-5-6-10-19(18)20/h5-11,14-17H,12-13H2,1-4H3/q+1. The van der Waals surface area contributed by atoms with Crippen molar-refractivity contribution in [2.45, 2.75) is 0 Å². The van der Waals surface area contributed by atoms with Crippen molar-refractivity contribution in [3.63, 3.8) is 0 Å². The number of quaternary nitrogens is 1. The van der Waals surface area contributed by atoms with Gasteiger partial charge in [-0.25, -0.2) is 9.47 Å². The van der Waals surface area contributed by atoms with Crippen LogP contribution in [0.3, 0.4) is 0 Å². The molecule has 154 valence electrons. The molecule has 0 radical (unpaired) electrons. The number of rotatable bonds is 6. The van der Waals surface area contributed by atoms with E-state index in [0.29, 0.717) is 23.2 Å². The Balaban J connectivity index is 1.87. The van der Waals surface area contributed by atoms with Crippen molar-refractivity contribution in [3.05, 3.63) is 78.5 Å². The Morgan fingerprint density at radius 1 is 1.17 bits per heavy atom. The van der Waals surface area contributed by atoms with Gasteiger partial charge >= 0.3 is 0 Å². The molecule has 1 unspecified atom stereocenters. The number of fused-ring (bicyclic) bond motifs is 1. The molecular formula is C24H27N4O2+. The zero-order valence-electron chi connectivity index (χ0n) is 17.9. The minimum Gasteiger partial charge on any atom is -0.383 e. The van der Waals surface area contributed by atoms with E-state index in [1.54, 1.807) is 18.3 Å². The average Bonchev–Trinajstić information content (AvgIpc) is 3.35. The largest absolute Gasteiger partial charge is 0.383 e. The van der Waals surface area contributed by atoms with E-state index in [2.05, 4.69) is 42.5 Å². The number of aryl methyl sites for hydroxylation is 1. The highest BCUT2D eigenvalue weighted by molar-refractivity contribution is 6.13. The van der Waals surface area contributed by atoms with Crippen molar-refractivity contribution in [3.8, 4) is 0 Å². The van der Waals surface area contributed by atoms with Crippen molar-refractivity contribution < 1.29 is 9.53 Å². The topological polar surface area (TPSA) is 47.4 Å². The maximum atomic E-state index is 13.4. The fourth-order valence-electron chi connectivity index (χ4n) is 4.04. The molecule has 0 fully saturated rings. The molecule has 6 nitrogen and oxygen atoms in total. The number of hydrogen-bond donors (Lipinski definition) is 0. The summed E-state index contributed by atoms with van der Waals surface area (Å²) >= 11 is 0. The van der Waals surface area contributed by atoms with E-state index in [1.807, 2.05) is 49.3 Å². The number of carbonyl (C=O) groups is 1. The van der Waals surface area contributed by atoms with E-state index in [-0.39, 0.29) is 5.91 Å². The maximum absolute atomic E-state index is 13.4. The van der Waals surface area contributed by atoms with E-state index in [0.717, 1.165) is 27.7 Å². The van der Waals surface area contributed by atoms with Crippen LogP contribution in [-0.4, -0.2) is 54.7 Å². The third-order valence-corrected chi connectivity index (χ3v) is 5.66. The number of likely N-dealkylation sites (N-methyl/N-ethyl adjacent to an activating group) is 1. The minimum absolute atomic E-state index is 0.0183. The Morgan fingerprint density at radius 2 is 1.93 bits per heavy atom. The number of methoxy groups -OCH3 is 1. The molecule has 6 heteroatoms. The summed E-state index contributed by atoms with van der Waals surface area (Å²) < 4.78 is 7.52. The molecule has 1 aliphatic heterocycles. The molecule has 2 heterocycles. The number of ether oxygens (including phenoxy) is 1. The van der Waals surface area contributed by atoms with Crippen molar-refractivity contribution in [2.75, 3.05) is 34.4 Å². The lowest BCUT2D eigenvalue weighted by Gasteiger charge is -2.22. The summed E-state index contributed by atoms with van der Waals surface area (Å²) in [6.45, 7) is 1.03. The van der Waals surface area contributed by atoms with Crippen LogP contribution in [0.2, 0.25) is 0 Å². The summed E-state index contributed by atoms with van der Waals surface area (Å²) in [6, 6.07) is 14.5. The first kappa shape index (κ1) is 20.1. The summed E-state index contributed by atoms with van der Waals surface area (Å²) in [7, 11) is 7.49. The molecular weight excluding hydrogens is 376 g/mol. The Hall–Kier alpha value is -3.22. The summed E-state index contributed by atoms with van der Waals surface area (Å²) in [5.41, 5.74) is 2.68. The van der Waals surface area contributed by atoms with Gasteiger partial charge in [-0.15, -0.1) is 0 Å². The number of hydrogen-bond acceptors (Lipinski definition) is 3. The van der Waals surface area contributed by atoms with Crippen LogP contribution in [0.5, 0.6) is 0 Å². The maximum Gasteiger partial charge on any atom is 0.259 e. The van der Waals surface area contributed by atoms with Crippen LogP contribution < -0.4 is 4.48 Å². The third-order valence-electron chi connectivity index (χ3n) is 5.66. The van der Waals surface area contributed by atoms with Crippen molar-refractivity contribution >= 4 is 28.1 Å². The smallest absolute Gasteiger partial charge is 0.259 e. The second kappa shape index (κ2) is 7.89. The van der Waals surface area contributed by atoms with Gasteiger partial charge in [-0.3, -0.25) is 9.36 Å². The predicted molar refractivity (Wildman–Crippen MR) is 120 cm³/mol. The van der Waals surface area contributed by atoms with Gasteiger partial charge in [0.1, 0.15) is 24.2 Å². The quantitative estimate of drug-likeness (QED) is 0.592. The van der Waals surface area contributed by atoms with Crippen molar-refractivity contribution in [1.82, 2.24) is 18.9 Å². The molecule has 4 rings (SSSR count). The Labute approximate surface area is 176 Å². The first-order valence-electron chi connectivity index (χ1n) is 9.96. The van der Waals surface area contributed by atoms with Crippen LogP contribution in [0.15, 0.2) is 73.0 Å². The van der Waals surface area contributed by atoms with Crippen LogP contribution in [0.1, 0.15) is 5.56 Å². The summed E-state index contributed by atoms with van der Waals surface area (Å²) in [6.07, 6.45) is 7.77. The third kappa shape index (κ3) is 3.44. The Bertz CT molecular complexity index is 1160. The fourth-order valence-corrected chi connectivity index (χ4v) is 4.04. The van der Waals surface area contributed by atoms with Gasteiger partial charge in [-0.1, -0.05) is 42.5 Å². The molecule has 1 aliphatic rings. The van der Waals surface area contributed by atoms with Crippen molar-refractivity contribution in [1.29, 1.82) is 0 Å². The first-order valence-corrected chi connectivity index (χ1v) is 9.96. The highest BCUT2D eigenvalue weighted by Crippen LogP contribution is 2.39. The van der Waals surface area contributed by atoms with E-state index in [1.165, 1.54) is 0 Å². The lowest BCUT2D eigenvalue weighted by atomic mass is 9.94.